The third-order valence-electron chi connectivity index (χ3n) is 5.13. The molecule has 2 aliphatic heterocycles. The minimum absolute atomic E-state index is 0.114. The molecule has 2 aromatic rings. The van der Waals surface area contributed by atoms with Crippen LogP contribution in [0, 0.1) is 6.92 Å². The second-order valence-electron chi connectivity index (χ2n) is 7.12. The highest BCUT2D eigenvalue weighted by Crippen LogP contribution is 2.38. The topological polar surface area (TPSA) is 84.9 Å². The van der Waals surface area contributed by atoms with E-state index in [9.17, 15) is 13.2 Å². The van der Waals surface area contributed by atoms with E-state index >= 15 is 0 Å². The van der Waals surface area contributed by atoms with Crippen LogP contribution in [0.3, 0.4) is 0 Å². The number of benzene rings is 2. The average molecular weight is 402 g/mol. The predicted molar refractivity (Wildman–Crippen MR) is 104 cm³/mol. The van der Waals surface area contributed by atoms with E-state index in [1.165, 1.54) is 11.2 Å². The SMILES string of the molecule is CC(=O)Nc1ccc(S(=O)(=O)N2CCC(c3ccc4c(c3)OCO4)C2)c(C)c1. The van der Waals surface area contributed by atoms with Crippen molar-refractivity contribution in [1.82, 2.24) is 4.31 Å². The standard InChI is InChI=1S/C20H22N2O5S/c1-13-9-17(21-14(2)23)4-6-20(13)28(24,25)22-8-7-16(11-22)15-3-5-18-19(10-15)27-12-26-18/h3-6,9-10,16H,7-8,11-12H2,1-2H3,(H,21,23). The lowest BCUT2D eigenvalue weighted by atomic mass is 9.98. The van der Waals surface area contributed by atoms with E-state index in [-0.39, 0.29) is 23.5 Å². The second-order valence-corrected chi connectivity index (χ2v) is 9.03. The summed E-state index contributed by atoms with van der Waals surface area (Å²) >= 11 is 0. The van der Waals surface area contributed by atoms with Gasteiger partial charge in [0.1, 0.15) is 0 Å². The molecule has 2 aliphatic rings. The molecule has 8 heteroatoms. The summed E-state index contributed by atoms with van der Waals surface area (Å²) in [4.78, 5) is 11.5. The fourth-order valence-corrected chi connectivity index (χ4v) is 5.45. The zero-order valence-corrected chi connectivity index (χ0v) is 16.6. The Bertz CT molecular complexity index is 1030. The van der Waals surface area contributed by atoms with Gasteiger partial charge in [0.15, 0.2) is 11.5 Å². The molecule has 2 aromatic carbocycles. The number of hydrogen-bond donors (Lipinski definition) is 1. The van der Waals surface area contributed by atoms with Crippen LogP contribution in [0.2, 0.25) is 0 Å². The van der Waals surface area contributed by atoms with Crippen molar-refractivity contribution in [3.05, 3.63) is 47.5 Å². The van der Waals surface area contributed by atoms with Gasteiger partial charge in [-0.25, -0.2) is 8.42 Å². The van der Waals surface area contributed by atoms with Gasteiger partial charge in [0.05, 0.1) is 4.90 Å². The molecule has 1 unspecified atom stereocenters. The summed E-state index contributed by atoms with van der Waals surface area (Å²) in [5.41, 5.74) is 2.25. The van der Waals surface area contributed by atoms with Gasteiger partial charge in [0.2, 0.25) is 22.7 Å². The van der Waals surface area contributed by atoms with Gasteiger partial charge in [0.25, 0.3) is 0 Å². The lowest BCUT2D eigenvalue weighted by Crippen LogP contribution is -2.29. The van der Waals surface area contributed by atoms with Gasteiger partial charge in [-0.05, 0) is 60.7 Å². The molecule has 0 aromatic heterocycles. The number of hydrogen-bond acceptors (Lipinski definition) is 5. The van der Waals surface area contributed by atoms with Gasteiger partial charge in [-0.15, -0.1) is 0 Å². The number of anilines is 1. The minimum atomic E-state index is -3.60. The van der Waals surface area contributed by atoms with Crippen LogP contribution in [0.5, 0.6) is 11.5 Å². The monoisotopic (exact) mass is 402 g/mol. The van der Waals surface area contributed by atoms with Gasteiger partial charge in [-0.1, -0.05) is 6.07 Å². The molecule has 0 aliphatic carbocycles. The van der Waals surface area contributed by atoms with Crippen molar-refractivity contribution in [2.45, 2.75) is 31.1 Å². The van der Waals surface area contributed by atoms with Crippen molar-refractivity contribution in [3.8, 4) is 11.5 Å². The van der Waals surface area contributed by atoms with E-state index in [2.05, 4.69) is 5.32 Å². The number of amides is 1. The zero-order chi connectivity index (χ0) is 19.9. The van der Waals surface area contributed by atoms with E-state index in [0.29, 0.717) is 30.1 Å². The van der Waals surface area contributed by atoms with Crippen LogP contribution in [0.25, 0.3) is 0 Å². The third kappa shape index (κ3) is 3.45. The first kappa shape index (κ1) is 18.8. The summed E-state index contributed by atoms with van der Waals surface area (Å²) in [5, 5.41) is 2.67. The lowest BCUT2D eigenvalue weighted by Gasteiger charge is -2.19. The Labute approximate surface area is 164 Å². The molecule has 1 saturated heterocycles. The van der Waals surface area contributed by atoms with Crippen molar-refractivity contribution in [3.63, 3.8) is 0 Å². The van der Waals surface area contributed by atoms with E-state index in [0.717, 1.165) is 17.7 Å². The van der Waals surface area contributed by atoms with Gasteiger partial charge >= 0.3 is 0 Å². The van der Waals surface area contributed by atoms with Crippen LogP contribution in [0.1, 0.15) is 30.4 Å². The second kappa shape index (κ2) is 7.10. The van der Waals surface area contributed by atoms with Gasteiger partial charge in [0, 0.05) is 25.7 Å². The number of carbonyl (C=O) groups excluding carboxylic acids is 1. The molecule has 0 spiro atoms. The van der Waals surface area contributed by atoms with Crippen molar-refractivity contribution >= 4 is 21.6 Å². The molecular weight excluding hydrogens is 380 g/mol. The largest absolute Gasteiger partial charge is 0.454 e. The zero-order valence-electron chi connectivity index (χ0n) is 15.8. The number of nitrogens with one attached hydrogen (secondary N) is 1. The average Bonchev–Trinajstić information content (AvgIpc) is 3.30. The van der Waals surface area contributed by atoms with Gasteiger partial charge < -0.3 is 14.8 Å². The van der Waals surface area contributed by atoms with Crippen molar-refractivity contribution in [2.75, 3.05) is 25.2 Å². The lowest BCUT2D eigenvalue weighted by molar-refractivity contribution is -0.114. The number of fused-ring (bicyclic) bond motifs is 1. The molecule has 1 fully saturated rings. The van der Waals surface area contributed by atoms with Gasteiger partial charge in [-0.2, -0.15) is 4.31 Å². The number of rotatable bonds is 4. The summed E-state index contributed by atoms with van der Waals surface area (Å²) < 4.78 is 38.6. The Balaban J connectivity index is 1.54. The Hall–Kier alpha value is -2.58. The maximum absolute atomic E-state index is 13.1. The maximum Gasteiger partial charge on any atom is 0.243 e. The summed E-state index contributed by atoms with van der Waals surface area (Å²) in [5.74, 6) is 1.36. The smallest absolute Gasteiger partial charge is 0.243 e. The van der Waals surface area contributed by atoms with Crippen molar-refractivity contribution < 1.29 is 22.7 Å². The molecule has 1 N–H and O–H groups in total. The highest BCUT2D eigenvalue weighted by atomic mass is 32.2. The number of aryl methyl sites for hydroxylation is 1. The molecule has 4 rings (SSSR count). The fourth-order valence-electron chi connectivity index (χ4n) is 3.74. The summed E-state index contributed by atoms with van der Waals surface area (Å²) in [7, 11) is -3.60. The summed E-state index contributed by atoms with van der Waals surface area (Å²) in [6.45, 7) is 4.27. The number of sulfonamides is 1. The molecule has 2 heterocycles. The van der Waals surface area contributed by atoms with Crippen LogP contribution >= 0.6 is 0 Å². The van der Waals surface area contributed by atoms with Crippen LogP contribution < -0.4 is 14.8 Å². The van der Waals surface area contributed by atoms with E-state index in [1.807, 2.05) is 18.2 Å². The Morgan fingerprint density at radius 1 is 1.14 bits per heavy atom. The molecule has 0 saturated carbocycles. The molecule has 0 radical (unpaired) electrons. The quantitative estimate of drug-likeness (QED) is 0.850. The third-order valence-corrected chi connectivity index (χ3v) is 7.16. The normalized spacial score (nSPS) is 19.0. The van der Waals surface area contributed by atoms with E-state index in [1.54, 1.807) is 25.1 Å². The molecule has 148 valence electrons. The number of ether oxygens (including phenoxy) is 2. The molecule has 1 atom stereocenters. The predicted octanol–water partition coefficient (Wildman–Crippen LogP) is 2.86. The first-order valence-electron chi connectivity index (χ1n) is 9.12. The fraction of sp³-hybridized carbons (Fsp3) is 0.350. The number of carbonyl (C=O) groups is 1. The van der Waals surface area contributed by atoms with Crippen molar-refractivity contribution in [2.24, 2.45) is 0 Å². The molecule has 0 bridgehead atoms. The van der Waals surface area contributed by atoms with Crippen molar-refractivity contribution in [1.29, 1.82) is 0 Å². The maximum atomic E-state index is 13.1. The minimum Gasteiger partial charge on any atom is -0.454 e. The first-order valence-corrected chi connectivity index (χ1v) is 10.6. The van der Waals surface area contributed by atoms with E-state index < -0.39 is 10.0 Å². The Morgan fingerprint density at radius 3 is 2.68 bits per heavy atom. The first-order chi connectivity index (χ1) is 13.3. The summed E-state index contributed by atoms with van der Waals surface area (Å²) in [6, 6.07) is 10.6. The Kier molecular flexibility index (Phi) is 4.76. The van der Waals surface area contributed by atoms with E-state index in [4.69, 9.17) is 9.47 Å². The van der Waals surface area contributed by atoms with Crippen LogP contribution in [0.15, 0.2) is 41.3 Å². The van der Waals surface area contributed by atoms with Crippen LogP contribution in [0.4, 0.5) is 5.69 Å². The number of nitrogens with zero attached hydrogens (tertiary/aromatic N) is 1. The Morgan fingerprint density at radius 2 is 1.93 bits per heavy atom. The highest BCUT2D eigenvalue weighted by molar-refractivity contribution is 7.89. The molecule has 28 heavy (non-hydrogen) atoms. The van der Waals surface area contributed by atoms with Gasteiger partial charge in [-0.3, -0.25) is 4.79 Å². The molecule has 1 amide bonds. The summed E-state index contributed by atoms with van der Waals surface area (Å²) in [6.07, 6.45) is 0.752. The molecule has 7 nitrogen and oxygen atoms in total. The van der Waals surface area contributed by atoms with Crippen LogP contribution in [-0.4, -0.2) is 38.5 Å². The molecular formula is C20H22N2O5S. The highest BCUT2D eigenvalue weighted by Gasteiger charge is 2.34. The van der Waals surface area contributed by atoms with Crippen LogP contribution in [-0.2, 0) is 14.8 Å².